The lowest BCUT2D eigenvalue weighted by molar-refractivity contribution is -0.182. The molecule has 164 valence electrons. The van der Waals surface area contributed by atoms with Crippen LogP contribution in [-0.2, 0) is 19.1 Å². The van der Waals surface area contributed by atoms with E-state index in [1.54, 1.807) is 0 Å². The Balaban J connectivity index is 1.21. The van der Waals surface area contributed by atoms with Crippen LogP contribution in [0.5, 0.6) is 0 Å². The highest BCUT2D eigenvalue weighted by molar-refractivity contribution is 5.78. The molecule has 0 aromatic heterocycles. The van der Waals surface area contributed by atoms with Gasteiger partial charge in [-0.2, -0.15) is 0 Å². The molecule has 7 atom stereocenters. The summed E-state index contributed by atoms with van der Waals surface area (Å²) in [6, 6.07) is 0. The number of carbonyl (C=O) groups excluding carboxylic acids is 2. The van der Waals surface area contributed by atoms with Gasteiger partial charge < -0.3 is 20.1 Å². The maximum atomic E-state index is 12.6. The Morgan fingerprint density at radius 1 is 1.24 bits per heavy atom. The van der Waals surface area contributed by atoms with Crippen LogP contribution in [0.15, 0.2) is 0 Å². The molecule has 4 fully saturated rings. The molecule has 7 unspecified atom stereocenters. The van der Waals surface area contributed by atoms with Crippen molar-refractivity contribution >= 4 is 11.9 Å². The quantitative estimate of drug-likeness (QED) is 0.490. The number of rotatable bonds is 7. The van der Waals surface area contributed by atoms with E-state index in [1.165, 1.54) is 0 Å². The minimum absolute atomic E-state index is 0.00537. The van der Waals surface area contributed by atoms with Gasteiger partial charge in [-0.3, -0.25) is 14.5 Å². The lowest BCUT2D eigenvalue weighted by Crippen LogP contribution is -2.50. The Morgan fingerprint density at radius 3 is 2.90 bits per heavy atom. The van der Waals surface area contributed by atoms with Crippen LogP contribution in [0, 0.1) is 29.6 Å². The topological polar surface area (TPSA) is 79.9 Å². The average Bonchev–Trinajstić information content (AvgIpc) is 3.34. The summed E-state index contributed by atoms with van der Waals surface area (Å²) >= 11 is 0. The highest BCUT2D eigenvalue weighted by Gasteiger charge is 2.51. The van der Waals surface area contributed by atoms with E-state index in [9.17, 15) is 9.59 Å². The monoisotopic (exact) mass is 407 g/mol. The van der Waals surface area contributed by atoms with Gasteiger partial charge in [-0.1, -0.05) is 13.8 Å². The average molecular weight is 408 g/mol. The minimum atomic E-state index is -0.160. The van der Waals surface area contributed by atoms with Gasteiger partial charge >= 0.3 is 5.97 Å². The Hall–Kier alpha value is -1.18. The molecule has 1 saturated carbocycles. The van der Waals surface area contributed by atoms with E-state index in [1.807, 2.05) is 0 Å². The number of carbonyl (C=O) groups is 2. The molecule has 7 nitrogen and oxygen atoms in total. The van der Waals surface area contributed by atoms with Crippen molar-refractivity contribution in [2.75, 3.05) is 39.5 Å². The second-order valence-corrected chi connectivity index (χ2v) is 9.61. The van der Waals surface area contributed by atoms with E-state index in [4.69, 9.17) is 9.47 Å². The molecule has 0 aromatic rings. The van der Waals surface area contributed by atoms with Gasteiger partial charge in [0.15, 0.2) is 0 Å². The van der Waals surface area contributed by atoms with Gasteiger partial charge in [-0.25, -0.2) is 0 Å². The van der Waals surface area contributed by atoms with Gasteiger partial charge in [-0.05, 0) is 42.9 Å². The molecule has 3 aliphatic heterocycles. The lowest BCUT2D eigenvalue weighted by Gasteiger charge is -2.46. The highest BCUT2D eigenvalue weighted by atomic mass is 16.6. The molecule has 1 aliphatic carbocycles. The molecule has 0 radical (unpaired) electrons. The lowest BCUT2D eigenvalue weighted by atomic mass is 9.65. The van der Waals surface area contributed by atoms with Crippen LogP contribution in [0.25, 0.3) is 0 Å². The van der Waals surface area contributed by atoms with E-state index in [0.29, 0.717) is 37.1 Å². The minimum Gasteiger partial charge on any atom is -0.462 e. The maximum absolute atomic E-state index is 12.6. The van der Waals surface area contributed by atoms with Crippen molar-refractivity contribution in [1.29, 1.82) is 0 Å². The first-order valence-corrected chi connectivity index (χ1v) is 11.5. The smallest absolute Gasteiger partial charge is 0.309 e. The van der Waals surface area contributed by atoms with Crippen LogP contribution in [0.2, 0.25) is 0 Å². The van der Waals surface area contributed by atoms with Crippen molar-refractivity contribution in [1.82, 2.24) is 15.5 Å². The molecule has 0 bridgehead atoms. The first kappa shape index (κ1) is 21.1. The summed E-state index contributed by atoms with van der Waals surface area (Å²) in [4.78, 5) is 27.2. The van der Waals surface area contributed by atoms with Gasteiger partial charge in [0.05, 0.1) is 12.0 Å². The van der Waals surface area contributed by atoms with E-state index >= 15 is 0 Å². The van der Waals surface area contributed by atoms with Gasteiger partial charge in [0.2, 0.25) is 5.91 Å². The maximum Gasteiger partial charge on any atom is 0.309 e. The molecule has 0 spiro atoms. The van der Waals surface area contributed by atoms with Crippen LogP contribution in [-0.4, -0.2) is 68.4 Å². The fourth-order valence-corrected chi connectivity index (χ4v) is 5.85. The standard InChI is InChI=1S/C22H37N3O4/c1-14-12-28-19-11-20-18(10-17(14)19)15(2)16(22(27)29-20)4-5-21(26)24-6-3-8-25-9-7-23-13-25/h14-20,23H,3-13H2,1-2H3,(H,24,26). The number of nitrogens with one attached hydrogen (secondary N) is 2. The summed E-state index contributed by atoms with van der Waals surface area (Å²) < 4.78 is 11.8. The van der Waals surface area contributed by atoms with E-state index in [2.05, 4.69) is 29.4 Å². The van der Waals surface area contributed by atoms with Crippen LogP contribution < -0.4 is 10.6 Å². The normalized spacial score (nSPS) is 39.7. The molecular weight excluding hydrogens is 370 g/mol. The van der Waals surface area contributed by atoms with Gasteiger partial charge in [0.25, 0.3) is 0 Å². The molecule has 7 heteroatoms. The predicted octanol–water partition coefficient (Wildman–Crippen LogP) is 1.37. The van der Waals surface area contributed by atoms with Crippen molar-refractivity contribution in [2.24, 2.45) is 29.6 Å². The second-order valence-electron chi connectivity index (χ2n) is 9.61. The summed E-state index contributed by atoms with van der Waals surface area (Å²) in [6.07, 6.45) is 4.12. The second kappa shape index (κ2) is 9.31. The number of esters is 1. The number of nitrogens with zero attached hydrogens (tertiary/aromatic N) is 1. The van der Waals surface area contributed by atoms with Gasteiger partial charge in [0.1, 0.15) is 6.10 Å². The molecule has 4 rings (SSSR count). The van der Waals surface area contributed by atoms with Crippen molar-refractivity contribution in [3.63, 3.8) is 0 Å². The number of fused-ring (bicyclic) bond motifs is 2. The summed E-state index contributed by atoms with van der Waals surface area (Å²) in [6.45, 7) is 10.1. The predicted molar refractivity (Wildman–Crippen MR) is 109 cm³/mol. The molecule has 4 aliphatic rings. The van der Waals surface area contributed by atoms with Crippen LogP contribution in [0.4, 0.5) is 0 Å². The fraction of sp³-hybridized carbons (Fsp3) is 0.909. The molecule has 1 amide bonds. The number of ether oxygens (including phenoxy) is 2. The third-order valence-corrected chi connectivity index (χ3v) is 7.74. The number of hydrogen-bond donors (Lipinski definition) is 2. The molecule has 3 saturated heterocycles. The fourth-order valence-electron chi connectivity index (χ4n) is 5.85. The molecule has 2 N–H and O–H groups in total. The first-order valence-electron chi connectivity index (χ1n) is 11.5. The van der Waals surface area contributed by atoms with Crippen molar-refractivity contribution in [3.05, 3.63) is 0 Å². The van der Waals surface area contributed by atoms with Crippen molar-refractivity contribution in [2.45, 2.75) is 58.2 Å². The summed E-state index contributed by atoms with van der Waals surface area (Å²) in [5.41, 5.74) is 0. The zero-order chi connectivity index (χ0) is 20.4. The van der Waals surface area contributed by atoms with Crippen LogP contribution in [0.3, 0.4) is 0 Å². The first-order chi connectivity index (χ1) is 14.0. The molecule has 0 aromatic carbocycles. The molecular formula is C22H37N3O4. The van der Waals surface area contributed by atoms with Gasteiger partial charge in [-0.15, -0.1) is 0 Å². The third-order valence-electron chi connectivity index (χ3n) is 7.74. The van der Waals surface area contributed by atoms with Crippen molar-refractivity contribution in [3.8, 4) is 0 Å². The third kappa shape index (κ3) is 4.78. The largest absolute Gasteiger partial charge is 0.462 e. The molecule has 29 heavy (non-hydrogen) atoms. The SMILES string of the molecule is CC1COC2CC3OC(=O)C(CCC(=O)NCCCN4CCNC4)C(C)C3CC12. The van der Waals surface area contributed by atoms with Crippen LogP contribution in [0.1, 0.15) is 46.0 Å². The van der Waals surface area contributed by atoms with Gasteiger partial charge in [0, 0.05) is 52.3 Å². The Bertz CT molecular complexity index is 595. The number of amides is 1. The van der Waals surface area contributed by atoms with Crippen LogP contribution >= 0.6 is 0 Å². The zero-order valence-electron chi connectivity index (χ0n) is 17.9. The Kier molecular flexibility index (Phi) is 6.76. The zero-order valence-corrected chi connectivity index (χ0v) is 17.9. The summed E-state index contributed by atoms with van der Waals surface area (Å²) in [5.74, 6) is 1.62. The summed E-state index contributed by atoms with van der Waals surface area (Å²) in [7, 11) is 0. The van der Waals surface area contributed by atoms with E-state index < -0.39 is 0 Å². The Morgan fingerprint density at radius 2 is 2.10 bits per heavy atom. The highest BCUT2D eigenvalue weighted by Crippen LogP contribution is 2.48. The Labute approximate surface area is 174 Å². The van der Waals surface area contributed by atoms with E-state index in [-0.39, 0.29) is 35.9 Å². The van der Waals surface area contributed by atoms with E-state index in [0.717, 1.165) is 52.2 Å². The van der Waals surface area contributed by atoms with Crippen molar-refractivity contribution < 1.29 is 19.1 Å². The summed E-state index contributed by atoms with van der Waals surface area (Å²) in [5, 5.41) is 6.32. The molecule has 3 heterocycles. The number of hydrogen-bond acceptors (Lipinski definition) is 6.